The molecule has 4 aromatic rings. The summed E-state index contributed by atoms with van der Waals surface area (Å²) in [6.45, 7) is 0.178. The third kappa shape index (κ3) is 4.55. The standard InChI is InChI=1S/C26H21NO3S/c1-31(29,30)27(19-20-9-3-2-4-10-20)18-17-21-11-5-6-12-22(21)24-15-16-26(28)25-14-8-7-13-23(24)25/h2-16,28H,19H2,1H3. The molecule has 0 saturated heterocycles. The summed E-state index contributed by atoms with van der Waals surface area (Å²) in [7, 11) is -3.52. The molecule has 0 fully saturated rings. The summed E-state index contributed by atoms with van der Waals surface area (Å²) in [5, 5.41) is 11.9. The lowest BCUT2D eigenvalue weighted by molar-refractivity contribution is 0.481. The molecule has 31 heavy (non-hydrogen) atoms. The number of hydrogen-bond acceptors (Lipinski definition) is 3. The molecule has 4 rings (SSSR count). The zero-order valence-electron chi connectivity index (χ0n) is 17.0. The van der Waals surface area contributed by atoms with Gasteiger partial charge < -0.3 is 5.11 Å². The van der Waals surface area contributed by atoms with Crippen molar-refractivity contribution in [2.45, 2.75) is 6.54 Å². The molecule has 0 aliphatic heterocycles. The van der Waals surface area contributed by atoms with Gasteiger partial charge in [-0.05, 0) is 40.1 Å². The Morgan fingerprint density at radius 2 is 1.42 bits per heavy atom. The largest absolute Gasteiger partial charge is 0.507 e. The number of benzene rings is 4. The Hall–Kier alpha value is -3.75. The van der Waals surface area contributed by atoms with E-state index in [1.54, 1.807) is 6.07 Å². The van der Waals surface area contributed by atoms with Crippen LogP contribution in [-0.4, -0.2) is 24.1 Å². The van der Waals surface area contributed by atoms with E-state index < -0.39 is 10.0 Å². The maximum Gasteiger partial charge on any atom is 0.239 e. The quantitative estimate of drug-likeness (QED) is 0.369. The van der Waals surface area contributed by atoms with E-state index in [-0.39, 0.29) is 12.3 Å². The van der Waals surface area contributed by atoms with Crippen molar-refractivity contribution >= 4 is 20.8 Å². The third-order valence-electron chi connectivity index (χ3n) is 5.00. The van der Waals surface area contributed by atoms with E-state index in [0.29, 0.717) is 5.56 Å². The number of rotatable bonds is 4. The van der Waals surface area contributed by atoms with Gasteiger partial charge in [0.2, 0.25) is 10.0 Å². The first-order valence-corrected chi connectivity index (χ1v) is 11.6. The van der Waals surface area contributed by atoms with Crippen molar-refractivity contribution in [1.29, 1.82) is 0 Å². The minimum Gasteiger partial charge on any atom is -0.507 e. The molecule has 1 N–H and O–H groups in total. The molecule has 4 nitrogen and oxygen atoms in total. The highest BCUT2D eigenvalue weighted by molar-refractivity contribution is 7.88. The molecule has 5 heteroatoms. The molecule has 0 saturated carbocycles. The van der Waals surface area contributed by atoms with Gasteiger partial charge in [-0.25, -0.2) is 12.7 Å². The van der Waals surface area contributed by atoms with Crippen LogP contribution in [0.2, 0.25) is 0 Å². The predicted octanol–water partition coefficient (Wildman–Crippen LogP) is 4.98. The Labute approximate surface area is 182 Å². The number of fused-ring (bicyclic) bond motifs is 1. The summed E-state index contributed by atoms with van der Waals surface area (Å²) in [6, 6.07) is 31.0. The summed E-state index contributed by atoms with van der Waals surface area (Å²) in [4.78, 5) is 0. The number of phenolic OH excluding ortho intramolecular Hbond substituents is 1. The number of aromatic hydroxyl groups is 1. The molecule has 0 aliphatic carbocycles. The second-order valence-electron chi connectivity index (χ2n) is 7.22. The highest BCUT2D eigenvalue weighted by Crippen LogP contribution is 2.35. The summed E-state index contributed by atoms with van der Waals surface area (Å²) in [5.74, 6) is 3.27. The fourth-order valence-corrected chi connectivity index (χ4v) is 4.05. The average molecular weight is 428 g/mol. The van der Waals surface area contributed by atoms with E-state index in [1.165, 1.54) is 0 Å². The van der Waals surface area contributed by atoms with Crippen LogP contribution in [0.25, 0.3) is 21.9 Å². The van der Waals surface area contributed by atoms with E-state index in [9.17, 15) is 13.5 Å². The fourth-order valence-electron chi connectivity index (χ4n) is 3.46. The Kier molecular flexibility index (Phi) is 5.66. The molecular weight excluding hydrogens is 406 g/mol. The van der Waals surface area contributed by atoms with Crippen molar-refractivity contribution in [1.82, 2.24) is 4.31 Å². The van der Waals surface area contributed by atoms with Crippen molar-refractivity contribution in [2.24, 2.45) is 0 Å². The van der Waals surface area contributed by atoms with E-state index in [1.807, 2.05) is 84.9 Å². The Bertz CT molecular complexity index is 1400. The third-order valence-corrected chi connectivity index (χ3v) is 6.02. The molecule has 4 aromatic carbocycles. The first-order valence-electron chi connectivity index (χ1n) is 9.77. The first-order chi connectivity index (χ1) is 14.9. The molecule has 0 bridgehead atoms. The van der Waals surface area contributed by atoms with Gasteiger partial charge in [-0.2, -0.15) is 0 Å². The van der Waals surface area contributed by atoms with Gasteiger partial charge >= 0.3 is 0 Å². The Balaban J connectivity index is 1.79. The molecule has 0 atom stereocenters. The minimum absolute atomic E-state index is 0.178. The average Bonchev–Trinajstić information content (AvgIpc) is 2.77. The van der Waals surface area contributed by atoms with Crippen molar-refractivity contribution in [3.8, 4) is 28.8 Å². The Morgan fingerprint density at radius 3 is 2.16 bits per heavy atom. The minimum atomic E-state index is -3.52. The van der Waals surface area contributed by atoms with E-state index in [4.69, 9.17) is 0 Å². The van der Waals surface area contributed by atoms with Gasteiger partial charge in [0.15, 0.2) is 0 Å². The summed E-state index contributed by atoms with van der Waals surface area (Å²) >= 11 is 0. The van der Waals surface area contributed by atoms with Crippen LogP contribution < -0.4 is 0 Å². The normalized spacial score (nSPS) is 11.0. The van der Waals surface area contributed by atoms with Gasteiger partial charge in [-0.1, -0.05) is 78.9 Å². The number of nitrogens with zero attached hydrogens (tertiary/aromatic N) is 1. The smallest absolute Gasteiger partial charge is 0.239 e. The number of phenols is 1. The van der Waals surface area contributed by atoms with Crippen LogP contribution in [-0.2, 0) is 16.6 Å². The van der Waals surface area contributed by atoms with Crippen LogP contribution in [0.5, 0.6) is 5.75 Å². The second kappa shape index (κ2) is 8.55. The lowest BCUT2D eigenvalue weighted by atomic mass is 9.94. The van der Waals surface area contributed by atoms with Gasteiger partial charge in [0.05, 0.1) is 12.8 Å². The summed E-state index contributed by atoms with van der Waals surface area (Å²) in [6.07, 6.45) is 1.16. The molecule has 0 aromatic heterocycles. The maximum atomic E-state index is 12.3. The van der Waals surface area contributed by atoms with E-state index in [0.717, 1.165) is 38.0 Å². The fraction of sp³-hybridized carbons (Fsp3) is 0.0769. The molecule has 0 unspecified atom stereocenters. The topological polar surface area (TPSA) is 57.6 Å². The van der Waals surface area contributed by atoms with Crippen molar-refractivity contribution in [3.63, 3.8) is 0 Å². The van der Waals surface area contributed by atoms with Gasteiger partial charge in [-0.3, -0.25) is 0 Å². The van der Waals surface area contributed by atoms with Crippen LogP contribution in [0.1, 0.15) is 11.1 Å². The van der Waals surface area contributed by atoms with Gasteiger partial charge in [0.1, 0.15) is 5.75 Å². The molecule has 0 spiro atoms. The van der Waals surface area contributed by atoms with Gasteiger partial charge in [0.25, 0.3) is 0 Å². The summed E-state index contributed by atoms with van der Waals surface area (Å²) < 4.78 is 25.8. The van der Waals surface area contributed by atoms with Crippen LogP contribution in [0.3, 0.4) is 0 Å². The zero-order valence-corrected chi connectivity index (χ0v) is 17.8. The maximum absolute atomic E-state index is 12.3. The lowest BCUT2D eigenvalue weighted by Crippen LogP contribution is -2.24. The molecule has 154 valence electrons. The van der Waals surface area contributed by atoms with Gasteiger partial charge in [0, 0.05) is 17.0 Å². The lowest BCUT2D eigenvalue weighted by Gasteiger charge is -2.15. The van der Waals surface area contributed by atoms with Crippen molar-refractivity contribution in [2.75, 3.05) is 6.26 Å². The predicted molar refractivity (Wildman–Crippen MR) is 125 cm³/mol. The molecule has 0 radical (unpaired) electrons. The van der Waals surface area contributed by atoms with Crippen LogP contribution in [0, 0.1) is 12.0 Å². The molecule has 0 heterocycles. The van der Waals surface area contributed by atoms with E-state index >= 15 is 0 Å². The molecular formula is C26H21NO3S. The Morgan fingerprint density at radius 1 is 0.774 bits per heavy atom. The summed E-state index contributed by atoms with van der Waals surface area (Å²) in [5.41, 5.74) is 3.37. The molecule has 0 amide bonds. The number of hydrogen-bond donors (Lipinski definition) is 1. The van der Waals surface area contributed by atoms with Crippen LogP contribution in [0.15, 0.2) is 91.0 Å². The zero-order chi connectivity index (χ0) is 21.8. The van der Waals surface area contributed by atoms with Crippen molar-refractivity contribution < 1.29 is 13.5 Å². The second-order valence-corrected chi connectivity index (χ2v) is 9.12. The van der Waals surface area contributed by atoms with Gasteiger partial charge in [-0.15, -0.1) is 0 Å². The van der Waals surface area contributed by atoms with Crippen LogP contribution in [0.4, 0.5) is 0 Å². The molecule has 0 aliphatic rings. The SMILES string of the molecule is CS(=O)(=O)N(C#Cc1ccccc1-c1ccc(O)c2ccccc12)Cc1ccccc1. The van der Waals surface area contributed by atoms with E-state index in [2.05, 4.69) is 12.0 Å². The monoisotopic (exact) mass is 427 g/mol. The highest BCUT2D eigenvalue weighted by Gasteiger charge is 2.14. The van der Waals surface area contributed by atoms with Crippen molar-refractivity contribution in [3.05, 3.63) is 102 Å². The first kappa shape index (κ1) is 20.5. The highest BCUT2D eigenvalue weighted by atomic mass is 32.2. The van der Waals surface area contributed by atoms with Crippen LogP contribution >= 0.6 is 0 Å². The number of sulfonamides is 1.